The van der Waals surface area contributed by atoms with Crippen LogP contribution in [0.5, 0.6) is 0 Å². The zero-order chi connectivity index (χ0) is 12.8. The minimum absolute atomic E-state index is 0.292. The zero-order valence-electron chi connectivity index (χ0n) is 11.1. The number of piperazine rings is 1. The average Bonchev–Trinajstić information content (AvgIpc) is 2.46. The van der Waals surface area contributed by atoms with Crippen molar-refractivity contribution in [2.45, 2.75) is 19.3 Å². The first-order valence-corrected chi connectivity index (χ1v) is 7.11. The molecular formula is C13H25N3O2. The summed E-state index contributed by atoms with van der Waals surface area (Å²) in [5, 5.41) is 12.3. The Labute approximate surface area is 109 Å². The number of aliphatic hydroxyl groups excluding tert-OH is 1. The van der Waals surface area contributed by atoms with Crippen molar-refractivity contribution in [2.75, 3.05) is 52.4 Å². The molecule has 0 aliphatic carbocycles. The largest absolute Gasteiger partial charge is 0.396 e. The molecule has 0 aromatic heterocycles. The summed E-state index contributed by atoms with van der Waals surface area (Å²) in [6, 6.07) is 0. The van der Waals surface area contributed by atoms with E-state index in [2.05, 4.69) is 10.2 Å². The van der Waals surface area contributed by atoms with Crippen molar-refractivity contribution in [1.82, 2.24) is 15.1 Å². The number of nitrogens with one attached hydrogen (secondary N) is 1. The highest BCUT2D eigenvalue weighted by Crippen LogP contribution is 2.16. The molecule has 2 heterocycles. The van der Waals surface area contributed by atoms with Gasteiger partial charge in [0.2, 0.25) is 5.91 Å². The third kappa shape index (κ3) is 3.93. The summed E-state index contributed by atoms with van der Waals surface area (Å²) in [7, 11) is 0. The van der Waals surface area contributed by atoms with Crippen molar-refractivity contribution in [1.29, 1.82) is 0 Å². The second kappa shape index (κ2) is 7.07. The summed E-state index contributed by atoms with van der Waals surface area (Å²) >= 11 is 0. The fourth-order valence-electron chi connectivity index (χ4n) is 2.72. The van der Waals surface area contributed by atoms with Crippen LogP contribution in [0.2, 0.25) is 0 Å². The molecule has 2 fully saturated rings. The van der Waals surface area contributed by atoms with Crippen LogP contribution in [0.4, 0.5) is 0 Å². The lowest BCUT2D eigenvalue weighted by atomic mass is 9.98. The summed E-state index contributed by atoms with van der Waals surface area (Å²) in [5.41, 5.74) is 0. The highest BCUT2D eigenvalue weighted by atomic mass is 16.3. The number of carbonyl (C=O) groups is 1. The lowest BCUT2D eigenvalue weighted by Crippen LogP contribution is -2.47. The molecule has 2 N–H and O–H groups in total. The van der Waals surface area contributed by atoms with Crippen molar-refractivity contribution in [3.8, 4) is 0 Å². The first-order valence-electron chi connectivity index (χ1n) is 7.11. The van der Waals surface area contributed by atoms with Gasteiger partial charge in [-0.15, -0.1) is 0 Å². The number of rotatable bonds is 4. The van der Waals surface area contributed by atoms with Crippen molar-refractivity contribution in [2.24, 2.45) is 5.92 Å². The van der Waals surface area contributed by atoms with Gasteiger partial charge in [0.15, 0.2) is 0 Å². The number of carbonyl (C=O) groups excluding carboxylic acids is 1. The number of nitrogens with zero attached hydrogens (tertiary/aromatic N) is 2. The van der Waals surface area contributed by atoms with Gasteiger partial charge in [-0.05, 0) is 31.8 Å². The maximum absolute atomic E-state index is 12.0. The Morgan fingerprint density at radius 2 is 1.83 bits per heavy atom. The van der Waals surface area contributed by atoms with E-state index in [4.69, 9.17) is 5.11 Å². The molecule has 0 spiro atoms. The molecule has 2 saturated heterocycles. The first-order chi connectivity index (χ1) is 8.79. The predicted molar refractivity (Wildman–Crippen MR) is 70.3 cm³/mol. The maximum atomic E-state index is 12.0. The molecule has 104 valence electrons. The van der Waals surface area contributed by atoms with Gasteiger partial charge >= 0.3 is 0 Å². The quantitative estimate of drug-likeness (QED) is 0.712. The molecule has 5 heteroatoms. The molecule has 0 aromatic rings. The molecule has 0 saturated carbocycles. The van der Waals surface area contributed by atoms with Crippen LogP contribution < -0.4 is 5.32 Å². The Morgan fingerprint density at radius 3 is 2.44 bits per heavy atom. The normalized spacial score (nSPS) is 23.3. The van der Waals surface area contributed by atoms with Crippen molar-refractivity contribution in [3.63, 3.8) is 0 Å². The summed E-state index contributed by atoms with van der Waals surface area (Å²) in [6.45, 7) is 6.80. The van der Waals surface area contributed by atoms with Crippen LogP contribution >= 0.6 is 0 Å². The monoisotopic (exact) mass is 255 g/mol. The van der Waals surface area contributed by atoms with Crippen molar-refractivity contribution < 1.29 is 9.90 Å². The van der Waals surface area contributed by atoms with Gasteiger partial charge in [0.05, 0.1) is 0 Å². The third-order valence-corrected chi connectivity index (χ3v) is 4.08. The summed E-state index contributed by atoms with van der Waals surface area (Å²) in [5.74, 6) is 0.769. The van der Waals surface area contributed by atoms with E-state index in [0.29, 0.717) is 24.9 Å². The second-order valence-corrected chi connectivity index (χ2v) is 5.35. The maximum Gasteiger partial charge on any atom is 0.223 e. The fourth-order valence-corrected chi connectivity index (χ4v) is 2.72. The Balaban J connectivity index is 1.63. The molecule has 0 bridgehead atoms. The van der Waals surface area contributed by atoms with Gasteiger partial charge in [-0.3, -0.25) is 4.79 Å². The van der Waals surface area contributed by atoms with Gasteiger partial charge < -0.3 is 20.2 Å². The zero-order valence-corrected chi connectivity index (χ0v) is 11.1. The number of piperidine rings is 1. The van der Waals surface area contributed by atoms with Crippen LogP contribution in [0.1, 0.15) is 19.3 Å². The minimum Gasteiger partial charge on any atom is -0.396 e. The van der Waals surface area contributed by atoms with E-state index < -0.39 is 0 Å². The van der Waals surface area contributed by atoms with E-state index in [9.17, 15) is 4.79 Å². The molecule has 2 aliphatic heterocycles. The molecule has 2 rings (SSSR count). The molecule has 0 atom stereocenters. The van der Waals surface area contributed by atoms with Crippen LogP contribution in [0.15, 0.2) is 0 Å². The van der Waals surface area contributed by atoms with Gasteiger partial charge in [0.1, 0.15) is 0 Å². The van der Waals surface area contributed by atoms with Crippen LogP contribution in [-0.4, -0.2) is 73.2 Å². The molecule has 2 aliphatic rings. The molecular weight excluding hydrogens is 230 g/mol. The van der Waals surface area contributed by atoms with Crippen molar-refractivity contribution in [3.05, 3.63) is 0 Å². The van der Waals surface area contributed by atoms with E-state index in [1.54, 1.807) is 0 Å². The van der Waals surface area contributed by atoms with Crippen LogP contribution in [0, 0.1) is 5.92 Å². The standard InChI is InChI=1S/C13H25N3O2/c17-11-12-1-6-15(7-2-12)8-3-13(18)16-9-4-14-5-10-16/h12,14,17H,1-11H2. The SMILES string of the molecule is O=C(CCN1CCC(CO)CC1)N1CCNCC1. The average molecular weight is 255 g/mol. The van der Waals surface area contributed by atoms with Gasteiger partial charge in [0.25, 0.3) is 0 Å². The molecule has 18 heavy (non-hydrogen) atoms. The smallest absolute Gasteiger partial charge is 0.223 e. The highest BCUT2D eigenvalue weighted by molar-refractivity contribution is 5.76. The second-order valence-electron chi connectivity index (χ2n) is 5.35. The van der Waals surface area contributed by atoms with E-state index in [1.165, 1.54) is 0 Å². The van der Waals surface area contributed by atoms with Gasteiger partial charge in [-0.1, -0.05) is 0 Å². The number of hydrogen-bond acceptors (Lipinski definition) is 4. The number of amides is 1. The predicted octanol–water partition coefficient (Wildman–Crippen LogP) is -0.487. The Bertz CT molecular complexity index is 259. The van der Waals surface area contributed by atoms with E-state index in [0.717, 1.165) is 58.7 Å². The summed E-state index contributed by atoms with van der Waals surface area (Å²) < 4.78 is 0. The first kappa shape index (κ1) is 13.8. The molecule has 1 amide bonds. The number of likely N-dealkylation sites (tertiary alicyclic amines) is 1. The fraction of sp³-hybridized carbons (Fsp3) is 0.923. The molecule has 0 radical (unpaired) electrons. The van der Waals surface area contributed by atoms with Gasteiger partial charge in [0, 0.05) is 45.8 Å². The Morgan fingerprint density at radius 1 is 1.17 bits per heavy atom. The van der Waals surface area contributed by atoms with E-state index in [-0.39, 0.29) is 0 Å². The Kier molecular flexibility index (Phi) is 5.41. The number of aliphatic hydroxyl groups is 1. The molecule has 0 aromatic carbocycles. The highest BCUT2D eigenvalue weighted by Gasteiger charge is 2.20. The van der Waals surface area contributed by atoms with Crippen LogP contribution in [0.3, 0.4) is 0 Å². The van der Waals surface area contributed by atoms with Crippen LogP contribution in [-0.2, 0) is 4.79 Å². The lowest BCUT2D eigenvalue weighted by molar-refractivity contribution is -0.132. The molecule has 0 unspecified atom stereocenters. The van der Waals surface area contributed by atoms with E-state index in [1.807, 2.05) is 4.90 Å². The van der Waals surface area contributed by atoms with E-state index >= 15 is 0 Å². The van der Waals surface area contributed by atoms with Crippen LogP contribution in [0.25, 0.3) is 0 Å². The summed E-state index contributed by atoms with van der Waals surface area (Å²) in [4.78, 5) is 16.3. The number of hydrogen-bond donors (Lipinski definition) is 2. The summed E-state index contributed by atoms with van der Waals surface area (Å²) in [6.07, 6.45) is 2.78. The minimum atomic E-state index is 0.292. The third-order valence-electron chi connectivity index (χ3n) is 4.08. The van der Waals surface area contributed by atoms with Gasteiger partial charge in [-0.2, -0.15) is 0 Å². The lowest BCUT2D eigenvalue weighted by Gasteiger charge is -2.32. The van der Waals surface area contributed by atoms with Gasteiger partial charge in [-0.25, -0.2) is 0 Å². The molecule has 5 nitrogen and oxygen atoms in total. The Hall–Kier alpha value is -0.650. The topological polar surface area (TPSA) is 55.8 Å². The van der Waals surface area contributed by atoms with Crippen molar-refractivity contribution >= 4 is 5.91 Å².